The van der Waals surface area contributed by atoms with Gasteiger partial charge in [0.05, 0.1) is 11.4 Å². The summed E-state index contributed by atoms with van der Waals surface area (Å²) in [4.78, 5) is 11.3. The number of nitrogen functional groups attached to an aromatic ring is 1. The Balaban J connectivity index is 1.97. The van der Waals surface area contributed by atoms with E-state index in [9.17, 15) is 9.18 Å². The topological polar surface area (TPSA) is 73.6 Å². The molecule has 0 aliphatic carbocycles. The van der Waals surface area contributed by atoms with Gasteiger partial charge in [-0.15, -0.1) is 0 Å². The molecule has 1 aliphatic rings. The Hall–Kier alpha value is -2.76. The van der Waals surface area contributed by atoms with E-state index in [4.69, 9.17) is 15.2 Å². The third kappa shape index (κ3) is 2.60. The minimum atomic E-state index is -0.488. The van der Waals surface area contributed by atoms with Gasteiger partial charge in [-0.25, -0.2) is 4.39 Å². The fourth-order valence-electron chi connectivity index (χ4n) is 2.02. The number of nitrogens with one attached hydrogen (secondary N) is 1. The summed E-state index contributed by atoms with van der Waals surface area (Å²) < 4.78 is 24.5. The van der Waals surface area contributed by atoms with Crippen molar-refractivity contribution in [3.63, 3.8) is 0 Å². The summed E-state index contributed by atoms with van der Waals surface area (Å²) in [6.07, 6.45) is 0. The molecule has 2 aromatic rings. The first kappa shape index (κ1) is 13.2. The Morgan fingerprint density at radius 1 is 1.29 bits per heavy atom. The average molecular weight is 288 g/mol. The lowest BCUT2D eigenvalue weighted by Gasteiger charge is -2.20. The van der Waals surface area contributed by atoms with Gasteiger partial charge in [-0.1, -0.05) is 6.07 Å². The normalized spacial score (nSPS) is 13.1. The van der Waals surface area contributed by atoms with Gasteiger partial charge in [0.1, 0.15) is 5.75 Å². The van der Waals surface area contributed by atoms with Gasteiger partial charge < -0.3 is 20.5 Å². The Bertz CT molecular complexity index is 731. The maximum Gasteiger partial charge on any atom is 0.262 e. The van der Waals surface area contributed by atoms with Crippen LogP contribution in [0.5, 0.6) is 17.2 Å². The summed E-state index contributed by atoms with van der Waals surface area (Å²) >= 11 is 0. The predicted octanol–water partition coefficient (Wildman–Crippen LogP) is 2.84. The smallest absolute Gasteiger partial charge is 0.262 e. The van der Waals surface area contributed by atoms with Crippen molar-refractivity contribution in [3.05, 3.63) is 41.7 Å². The molecule has 1 amide bonds. The van der Waals surface area contributed by atoms with Crippen LogP contribution in [0.2, 0.25) is 0 Å². The molecule has 0 saturated carbocycles. The van der Waals surface area contributed by atoms with Crippen LogP contribution < -0.4 is 20.5 Å². The van der Waals surface area contributed by atoms with Gasteiger partial charge in [0.15, 0.2) is 23.9 Å². The molecule has 0 aromatic heterocycles. The number of aryl methyl sites for hydroxylation is 1. The minimum Gasteiger partial charge on any atom is -0.481 e. The van der Waals surface area contributed by atoms with Crippen LogP contribution in [0.25, 0.3) is 0 Å². The van der Waals surface area contributed by atoms with Crippen LogP contribution in [0.15, 0.2) is 30.3 Å². The van der Waals surface area contributed by atoms with Crippen molar-refractivity contribution in [1.82, 2.24) is 0 Å². The van der Waals surface area contributed by atoms with Gasteiger partial charge in [-0.3, -0.25) is 4.79 Å². The molecule has 6 heteroatoms. The first-order valence-electron chi connectivity index (χ1n) is 6.33. The zero-order valence-corrected chi connectivity index (χ0v) is 11.3. The van der Waals surface area contributed by atoms with Crippen LogP contribution in [0, 0.1) is 12.7 Å². The second-order valence-electron chi connectivity index (χ2n) is 4.76. The highest BCUT2D eigenvalue weighted by Crippen LogP contribution is 2.39. The van der Waals surface area contributed by atoms with E-state index < -0.39 is 5.82 Å². The van der Waals surface area contributed by atoms with E-state index in [1.807, 2.05) is 6.92 Å². The standard InChI is InChI=1S/C15H13FN2O3/c1-8-2-3-9(16)12(4-8)21-13-6-11-14(5-10(13)17)20-7-15(19)18-11/h2-6H,7,17H2,1H3,(H,18,19). The molecule has 0 unspecified atom stereocenters. The molecule has 5 nitrogen and oxygen atoms in total. The fourth-order valence-corrected chi connectivity index (χ4v) is 2.02. The van der Waals surface area contributed by atoms with Gasteiger partial charge in [0.25, 0.3) is 5.91 Å². The summed E-state index contributed by atoms with van der Waals surface area (Å²) in [5.74, 6) is 0.0379. The Kier molecular flexibility index (Phi) is 3.13. The second kappa shape index (κ2) is 4.97. The molecule has 0 bridgehead atoms. The van der Waals surface area contributed by atoms with Gasteiger partial charge in [-0.2, -0.15) is 0 Å². The van der Waals surface area contributed by atoms with Gasteiger partial charge >= 0.3 is 0 Å². The third-order valence-corrected chi connectivity index (χ3v) is 3.05. The van der Waals surface area contributed by atoms with E-state index in [1.165, 1.54) is 18.2 Å². The van der Waals surface area contributed by atoms with Crippen molar-refractivity contribution < 1.29 is 18.7 Å². The maximum absolute atomic E-state index is 13.7. The minimum absolute atomic E-state index is 0.0564. The van der Waals surface area contributed by atoms with E-state index >= 15 is 0 Å². The molecular weight excluding hydrogens is 275 g/mol. The molecule has 0 radical (unpaired) electrons. The number of carbonyl (C=O) groups is 1. The molecule has 108 valence electrons. The number of nitrogens with two attached hydrogens (primary N) is 1. The highest BCUT2D eigenvalue weighted by Gasteiger charge is 2.19. The number of anilines is 2. The highest BCUT2D eigenvalue weighted by molar-refractivity contribution is 5.96. The van der Waals surface area contributed by atoms with Crippen molar-refractivity contribution in [2.75, 3.05) is 17.7 Å². The summed E-state index contributed by atoms with van der Waals surface area (Å²) in [5.41, 5.74) is 7.48. The van der Waals surface area contributed by atoms with Crippen LogP contribution in [-0.4, -0.2) is 12.5 Å². The molecule has 0 saturated heterocycles. The molecule has 3 N–H and O–H groups in total. The maximum atomic E-state index is 13.7. The molecule has 0 atom stereocenters. The fraction of sp³-hybridized carbons (Fsp3) is 0.133. The molecule has 0 fully saturated rings. The zero-order chi connectivity index (χ0) is 15.0. The quantitative estimate of drug-likeness (QED) is 0.833. The number of benzene rings is 2. The van der Waals surface area contributed by atoms with Gasteiger partial charge in [0, 0.05) is 12.1 Å². The van der Waals surface area contributed by atoms with E-state index in [1.54, 1.807) is 12.1 Å². The SMILES string of the molecule is Cc1ccc(F)c(Oc2cc3c(cc2N)OCC(=O)N3)c1. The van der Waals surface area contributed by atoms with E-state index in [2.05, 4.69) is 5.32 Å². The number of fused-ring (bicyclic) bond motifs is 1. The van der Waals surface area contributed by atoms with Crippen molar-refractivity contribution in [2.24, 2.45) is 0 Å². The van der Waals surface area contributed by atoms with E-state index in [0.717, 1.165) is 5.56 Å². The molecular formula is C15H13FN2O3. The number of hydrogen-bond acceptors (Lipinski definition) is 4. The largest absolute Gasteiger partial charge is 0.481 e. The monoisotopic (exact) mass is 288 g/mol. The van der Waals surface area contributed by atoms with Crippen molar-refractivity contribution in [3.8, 4) is 17.2 Å². The highest BCUT2D eigenvalue weighted by atomic mass is 19.1. The molecule has 21 heavy (non-hydrogen) atoms. The lowest BCUT2D eigenvalue weighted by Crippen LogP contribution is -2.25. The van der Waals surface area contributed by atoms with E-state index in [0.29, 0.717) is 17.1 Å². The predicted molar refractivity (Wildman–Crippen MR) is 76.2 cm³/mol. The number of rotatable bonds is 2. The van der Waals surface area contributed by atoms with Crippen LogP contribution in [0.3, 0.4) is 0 Å². The summed E-state index contributed by atoms with van der Waals surface area (Å²) in [5, 5.41) is 2.65. The van der Waals surface area contributed by atoms with E-state index in [-0.39, 0.29) is 24.0 Å². The Labute approximate surface area is 120 Å². The average Bonchev–Trinajstić information content (AvgIpc) is 2.44. The Morgan fingerprint density at radius 2 is 2.10 bits per heavy atom. The lowest BCUT2D eigenvalue weighted by atomic mass is 10.2. The number of halogens is 1. The summed E-state index contributed by atoms with van der Waals surface area (Å²) in [6.45, 7) is 1.77. The zero-order valence-electron chi connectivity index (χ0n) is 11.3. The van der Waals surface area contributed by atoms with Gasteiger partial charge in [-0.05, 0) is 24.6 Å². The van der Waals surface area contributed by atoms with Crippen LogP contribution in [0.4, 0.5) is 15.8 Å². The first-order valence-corrected chi connectivity index (χ1v) is 6.33. The molecule has 1 heterocycles. The molecule has 0 spiro atoms. The van der Waals surface area contributed by atoms with Crippen LogP contribution >= 0.6 is 0 Å². The summed E-state index contributed by atoms with van der Waals surface area (Å²) in [6, 6.07) is 7.60. The molecule has 2 aromatic carbocycles. The number of amides is 1. The number of hydrogen-bond donors (Lipinski definition) is 2. The second-order valence-corrected chi connectivity index (χ2v) is 4.76. The molecule has 1 aliphatic heterocycles. The Morgan fingerprint density at radius 3 is 2.90 bits per heavy atom. The van der Waals surface area contributed by atoms with Crippen molar-refractivity contribution in [1.29, 1.82) is 0 Å². The van der Waals surface area contributed by atoms with Crippen LogP contribution in [0.1, 0.15) is 5.56 Å². The van der Waals surface area contributed by atoms with Crippen molar-refractivity contribution in [2.45, 2.75) is 6.92 Å². The van der Waals surface area contributed by atoms with Crippen LogP contribution in [-0.2, 0) is 4.79 Å². The molecule has 3 rings (SSSR count). The number of carbonyl (C=O) groups excluding carboxylic acids is 1. The number of ether oxygens (including phenoxy) is 2. The van der Waals surface area contributed by atoms with Gasteiger partial charge in [0.2, 0.25) is 0 Å². The van der Waals surface area contributed by atoms with Crippen molar-refractivity contribution >= 4 is 17.3 Å². The lowest BCUT2D eigenvalue weighted by molar-refractivity contribution is -0.118. The third-order valence-electron chi connectivity index (χ3n) is 3.05. The summed E-state index contributed by atoms with van der Waals surface area (Å²) in [7, 11) is 0. The first-order chi connectivity index (χ1) is 10.0.